The summed E-state index contributed by atoms with van der Waals surface area (Å²) >= 11 is 7.93. The molecule has 1 aromatic carbocycles. The molecule has 2 heterocycles. The largest absolute Gasteiger partial charge is 0.480 e. The number of furan rings is 1. The summed E-state index contributed by atoms with van der Waals surface area (Å²) in [7, 11) is 0. The minimum atomic E-state index is -1.05. The first kappa shape index (κ1) is 21.7. The SMILES string of the molecule is CCc1ccc(-c2ccc(/C=C3/SC(=S)N([C@@H](CCSC)C(=O)O)C3=O)o2)cc1. The minimum Gasteiger partial charge on any atom is -0.480 e. The topological polar surface area (TPSA) is 70.8 Å². The van der Waals surface area contributed by atoms with Crippen LogP contribution in [0.15, 0.2) is 45.7 Å². The van der Waals surface area contributed by atoms with Crippen LogP contribution in [0.2, 0.25) is 0 Å². The fourth-order valence-corrected chi connectivity index (χ4v) is 4.76. The second-order valence-electron chi connectivity index (χ2n) is 6.44. The van der Waals surface area contributed by atoms with Crippen molar-refractivity contribution in [2.24, 2.45) is 0 Å². The van der Waals surface area contributed by atoms with Crippen molar-refractivity contribution in [3.63, 3.8) is 0 Å². The van der Waals surface area contributed by atoms with E-state index >= 15 is 0 Å². The number of carbonyl (C=O) groups is 2. The fraction of sp³-hybridized carbons (Fsp3) is 0.286. The van der Waals surface area contributed by atoms with E-state index in [1.54, 1.807) is 12.1 Å². The van der Waals surface area contributed by atoms with Crippen molar-refractivity contribution in [1.29, 1.82) is 0 Å². The second kappa shape index (κ2) is 9.65. The maximum atomic E-state index is 12.8. The van der Waals surface area contributed by atoms with Gasteiger partial charge in [-0.25, -0.2) is 4.79 Å². The monoisotopic (exact) mass is 447 g/mol. The van der Waals surface area contributed by atoms with Gasteiger partial charge < -0.3 is 9.52 Å². The van der Waals surface area contributed by atoms with Gasteiger partial charge in [0.15, 0.2) is 0 Å². The molecule has 29 heavy (non-hydrogen) atoms. The maximum absolute atomic E-state index is 12.8. The zero-order valence-electron chi connectivity index (χ0n) is 16.1. The third-order valence-corrected chi connectivity index (χ3v) is 6.54. The molecule has 1 amide bonds. The number of carboxylic acids is 1. The number of hydrogen-bond acceptors (Lipinski definition) is 6. The molecule has 152 valence electrons. The molecular formula is C21H21NO4S3. The Hall–Kier alpha value is -2.03. The Morgan fingerprint density at radius 3 is 2.66 bits per heavy atom. The summed E-state index contributed by atoms with van der Waals surface area (Å²) in [6, 6.07) is 10.8. The quantitative estimate of drug-likeness (QED) is 0.455. The van der Waals surface area contributed by atoms with Crippen molar-refractivity contribution in [2.45, 2.75) is 25.8 Å². The van der Waals surface area contributed by atoms with Crippen LogP contribution in [-0.2, 0) is 16.0 Å². The van der Waals surface area contributed by atoms with E-state index in [1.807, 2.05) is 24.5 Å². The van der Waals surface area contributed by atoms with Gasteiger partial charge in [-0.1, -0.05) is 55.2 Å². The highest BCUT2D eigenvalue weighted by molar-refractivity contribution is 8.26. The van der Waals surface area contributed by atoms with E-state index in [0.717, 1.165) is 23.7 Å². The summed E-state index contributed by atoms with van der Waals surface area (Å²) < 4.78 is 6.13. The lowest BCUT2D eigenvalue weighted by atomic mass is 10.1. The Bertz CT molecular complexity index is 949. The molecule has 1 aromatic heterocycles. The molecule has 0 unspecified atom stereocenters. The smallest absolute Gasteiger partial charge is 0.326 e. The zero-order chi connectivity index (χ0) is 21.0. The number of rotatable bonds is 8. The van der Waals surface area contributed by atoms with Gasteiger partial charge in [-0.05, 0) is 42.5 Å². The number of benzene rings is 1. The molecule has 0 bridgehead atoms. The van der Waals surface area contributed by atoms with Gasteiger partial charge in [-0.2, -0.15) is 11.8 Å². The number of hydrogen-bond donors (Lipinski definition) is 1. The lowest BCUT2D eigenvalue weighted by molar-refractivity contribution is -0.145. The van der Waals surface area contributed by atoms with Gasteiger partial charge in [0.25, 0.3) is 5.91 Å². The molecule has 0 spiro atoms. The van der Waals surface area contributed by atoms with Gasteiger partial charge >= 0.3 is 5.97 Å². The number of carboxylic acid groups (broad SMARTS) is 1. The number of thioether (sulfide) groups is 2. The Balaban J connectivity index is 1.80. The molecule has 1 N–H and O–H groups in total. The van der Waals surface area contributed by atoms with Crippen LogP contribution in [0.5, 0.6) is 0 Å². The van der Waals surface area contributed by atoms with Crippen LogP contribution in [0.25, 0.3) is 17.4 Å². The lowest BCUT2D eigenvalue weighted by Crippen LogP contribution is -2.44. The van der Waals surface area contributed by atoms with Gasteiger partial charge in [-0.3, -0.25) is 9.69 Å². The first-order valence-electron chi connectivity index (χ1n) is 9.12. The summed E-state index contributed by atoms with van der Waals surface area (Å²) in [5, 5.41) is 9.53. The van der Waals surface area contributed by atoms with Gasteiger partial charge in [0.05, 0.1) is 4.91 Å². The predicted octanol–water partition coefficient (Wildman–Crippen LogP) is 4.92. The Morgan fingerprint density at radius 1 is 1.31 bits per heavy atom. The van der Waals surface area contributed by atoms with Crippen molar-refractivity contribution >= 4 is 58.0 Å². The van der Waals surface area contributed by atoms with E-state index in [0.29, 0.717) is 28.6 Å². The summed E-state index contributed by atoms with van der Waals surface area (Å²) in [6.45, 7) is 2.10. The molecule has 0 saturated carbocycles. The molecule has 1 aliphatic heterocycles. The van der Waals surface area contributed by atoms with Crippen LogP contribution in [-0.4, -0.2) is 44.3 Å². The van der Waals surface area contributed by atoms with Gasteiger partial charge in [-0.15, -0.1) is 0 Å². The number of aliphatic carboxylic acids is 1. The summed E-state index contributed by atoms with van der Waals surface area (Å²) in [6.07, 6.45) is 4.83. The van der Waals surface area contributed by atoms with E-state index in [4.69, 9.17) is 16.6 Å². The van der Waals surface area contributed by atoms with Crippen LogP contribution in [0.4, 0.5) is 0 Å². The van der Waals surface area contributed by atoms with E-state index in [-0.39, 0.29) is 4.32 Å². The molecule has 1 aliphatic rings. The highest BCUT2D eigenvalue weighted by Gasteiger charge is 2.40. The van der Waals surface area contributed by atoms with E-state index in [1.165, 1.54) is 22.2 Å². The lowest BCUT2D eigenvalue weighted by Gasteiger charge is -2.22. The average molecular weight is 448 g/mol. The Morgan fingerprint density at radius 2 is 2.03 bits per heavy atom. The fourth-order valence-electron chi connectivity index (χ4n) is 2.96. The number of nitrogens with zero attached hydrogens (tertiary/aromatic N) is 1. The van der Waals surface area contributed by atoms with Crippen molar-refractivity contribution in [3.8, 4) is 11.3 Å². The highest BCUT2D eigenvalue weighted by Crippen LogP contribution is 2.35. The third-order valence-electron chi connectivity index (χ3n) is 4.56. The van der Waals surface area contributed by atoms with Gasteiger partial charge in [0.1, 0.15) is 21.9 Å². The van der Waals surface area contributed by atoms with Gasteiger partial charge in [0, 0.05) is 11.6 Å². The summed E-state index contributed by atoms with van der Waals surface area (Å²) in [5.41, 5.74) is 2.20. The van der Waals surface area contributed by atoms with E-state index in [2.05, 4.69) is 19.1 Å². The number of thiocarbonyl (C=S) groups is 1. The highest BCUT2D eigenvalue weighted by atomic mass is 32.2. The predicted molar refractivity (Wildman–Crippen MR) is 123 cm³/mol. The molecule has 5 nitrogen and oxygen atoms in total. The van der Waals surface area contributed by atoms with Crippen molar-refractivity contribution < 1.29 is 19.1 Å². The molecule has 8 heteroatoms. The Kier molecular flexibility index (Phi) is 7.21. The molecular weight excluding hydrogens is 426 g/mol. The molecule has 3 rings (SSSR count). The average Bonchev–Trinajstić information content (AvgIpc) is 3.28. The molecule has 1 saturated heterocycles. The molecule has 2 aromatic rings. The standard InChI is InChI=1S/C21H21NO4S3/c1-3-13-4-6-14(7-5-13)17-9-8-15(26-17)12-18-19(23)22(21(27)29-18)16(20(24)25)10-11-28-2/h4-9,12,16H,3,10-11H2,1-2H3,(H,24,25)/b18-12+/t16-/m0/s1. The first-order valence-corrected chi connectivity index (χ1v) is 11.7. The Labute approximate surface area is 183 Å². The molecule has 0 aliphatic carbocycles. The third kappa shape index (κ3) is 4.94. The minimum absolute atomic E-state index is 0.261. The van der Waals surface area contributed by atoms with Crippen molar-refractivity contribution in [1.82, 2.24) is 4.90 Å². The van der Waals surface area contributed by atoms with Crippen molar-refractivity contribution in [3.05, 3.63) is 52.6 Å². The van der Waals surface area contributed by atoms with E-state index in [9.17, 15) is 14.7 Å². The molecule has 0 radical (unpaired) electrons. The second-order valence-corrected chi connectivity index (χ2v) is 9.10. The first-order chi connectivity index (χ1) is 13.9. The van der Waals surface area contributed by atoms with Crippen LogP contribution >= 0.6 is 35.7 Å². The van der Waals surface area contributed by atoms with Gasteiger partial charge in [0.2, 0.25) is 0 Å². The number of aryl methyl sites for hydroxylation is 1. The summed E-state index contributed by atoms with van der Waals surface area (Å²) in [5.74, 6) is 0.422. The van der Waals surface area contributed by atoms with E-state index < -0.39 is 17.9 Å². The van der Waals surface area contributed by atoms with Crippen LogP contribution < -0.4 is 0 Å². The van der Waals surface area contributed by atoms with Crippen LogP contribution in [0.3, 0.4) is 0 Å². The normalized spacial score (nSPS) is 16.6. The molecule has 1 fully saturated rings. The summed E-state index contributed by atoms with van der Waals surface area (Å²) in [4.78, 5) is 26.0. The molecule has 1 atom stereocenters. The number of carbonyl (C=O) groups excluding carboxylic acids is 1. The maximum Gasteiger partial charge on any atom is 0.326 e. The zero-order valence-corrected chi connectivity index (χ0v) is 18.5. The van der Waals surface area contributed by atoms with Crippen molar-refractivity contribution in [2.75, 3.05) is 12.0 Å². The van der Waals surface area contributed by atoms with Crippen LogP contribution in [0, 0.1) is 0 Å². The number of amides is 1. The van der Waals surface area contributed by atoms with Crippen LogP contribution in [0.1, 0.15) is 24.7 Å².